The van der Waals surface area contributed by atoms with Crippen LogP contribution in [0.3, 0.4) is 0 Å². The van der Waals surface area contributed by atoms with Gasteiger partial charge in [0.2, 0.25) is 5.91 Å². The molecule has 3 aromatic rings. The Morgan fingerprint density at radius 2 is 1.77 bits per heavy atom. The minimum Gasteiger partial charge on any atom is -0.489 e. The van der Waals surface area contributed by atoms with Crippen LogP contribution in [0.15, 0.2) is 83.4 Å². The lowest BCUT2D eigenvalue weighted by molar-refractivity contribution is -0.129. The first-order valence-corrected chi connectivity index (χ1v) is 12.8. The Labute approximate surface area is 218 Å². The fourth-order valence-electron chi connectivity index (χ4n) is 4.24. The molecule has 2 heterocycles. The quantitative estimate of drug-likeness (QED) is 0.369. The number of hydrogen-bond acceptors (Lipinski definition) is 5. The van der Waals surface area contributed by atoms with Crippen molar-refractivity contribution in [2.75, 3.05) is 17.4 Å². The van der Waals surface area contributed by atoms with Gasteiger partial charge in [-0.1, -0.05) is 65.3 Å². The molecule has 2 aliphatic rings. The van der Waals surface area contributed by atoms with Crippen LogP contribution >= 0.6 is 35.0 Å². The lowest BCUT2D eigenvalue weighted by atomic mass is 9.86. The van der Waals surface area contributed by atoms with E-state index in [0.717, 1.165) is 21.8 Å². The average Bonchev–Trinajstić information content (AvgIpc) is 2.89. The first kappa shape index (κ1) is 23.6. The summed E-state index contributed by atoms with van der Waals surface area (Å²) in [5.74, 6) is 1.09. The maximum Gasteiger partial charge on any atom is 0.229 e. The standard InChI is InChI=1S/C27H21Cl2N3O2S/c28-20-7-9-21(10-8-20)31-16-32-26(33)13-23(24(14-30)27(32)35-17-31)18-5-11-22(12-6-18)34-15-19-3-1-2-4-25(19)29/h1-12,23H,13,15-17H2/t23-/m0/s1. The summed E-state index contributed by atoms with van der Waals surface area (Å²) in [4.78, 5) is 17.0. The van der Waals surface area contributed by atoms with E-state index in [9.17, 15) is 10.1 Å². The Morgan fingerprint density at radius 3 is 2.49 bits per heavy atom. The predicted octanol–water partition coefficient (Wildman–Crippen LogP) is 6.79. The second-order valence-electron chi connectivity index (χ2n) is 8.29. The Hall–Kier alpha value is -3.11. The van der Waals surface area contributed by atoms with Gasteiger partial charge in [0.1, 0.15) is 12.4 Å². The molecule has 3 aromatic carbocycles. The van der Waals surface area contributed by atoms with Gasteiger partial charge in [-0.15, -0.1) is 0 Å². The van der Waals surface area contributed by atoms with Crippen molar-refractivity contribution < 1.29 is 9.53 Å². The average molecular weight is 522 g/mol. The third-order valence-electron chi connectivity index (χ3n) is 6.12. The van der Waals surface area contributed by atoms with Gasteiger partial charge in [0.15, 0.2) is 0 Å². The van der Waals surface area contributed by atoms with Gasteiger partial charge in [-0.2, -0.15) is 5.26 Å². The number of amides is 1. The molecular weight excluding hydrogens is 501 g/mol. The van der Waals surface area contributed by atoms with Crippen LogP contribution in [0, 0.1) is 11.3 Å². The maximum absolute atomic E-state index is 13.1. The van der Waals surface area contributed by atoms with E-state index >= 15 is 0 Å². The normalized spacial score (nSPS) is 17.7. The van der Waals surface area contributed by atoms with E-state index in [-0.39, 0.29) is 18.2 Å². The van der Waals surface area contributed by atoms with E-state index in [0.29, 0.717) is 40.5 Å². The fourth-order valence-corrected chi connectivity index (χ4v) is 5.72. The summed E-state index contributed by atoms with van der Waals surface area (Å²) >= 11 is 13.7. The zero-order chi connectivity index (χ0) is 24.4. The van der Waals surface area contributed by atoms with E-state index in [1.807, 2.05) is 72.8 Å². The second kappa shape index (κ2) is 10.2. The van der Waals surface area contributed by atoms with Crippen molar-refractivity contribution in [3.8, 4) is 11.8 Å². The van der Waals surface area contributed by atoms with Crippen molar-refractivity contribution >= 4 is 46.6 Å². The molecule has 0 unspecified atom stereocenters. The number of nitriles is 1. The highest BCUT2D eigenvalue weighted by Gasteiger charge is 2.38. The molecule has 2 aliphatic heterocycles. The molecule has 0 saturated carbocycles. The number of rotatable bonds is 5. The molecule has 5 rings (SSSR count). The highest BCUT2D eigenvalue weighted by Crippen LogP contribution is 2.43. The summed E-state index contributed by atoms with van der Waals surface area (Å²) < 4.78 is 5.88. The van der Waals surface area contributed by atoms with Crippen LogP contribution in [0.2, 0.25) is 10.0 Å². The number of ether oxygens (including phenoxy) is 1. The van der Waals surface area contributed by atoms with Gasteiger partial charge in [0.05, 0.1) is 29.2 Å². The molecule has 35 heavy (non-hydrogen) atoms. The third-order valence-corrected chi connectivity index (χ3v) is 7.90. The van der Waals surface area contributed by atoms with Crippen LogP contribution in [0.5, 0.6) is 5.75 Å². The van der Waals surface area contributed by atoms with Gasteiger partial charge < -0.3 is 9.64 Å². The molecule has 8 heteroatoms. The number of thioether (sulfide) groups is 1. The Morgan fingerprint density at radius 1 is 1.03 bits per heavy atom. The zero-order valence-electron chi connectivity index (χ0n) is 18.7. The number of hydrogen-bond donors (Lipinski definition) is 0. The summed E-state index contributed by atoms with van der Waals surface area (Å²) in [5, 5.41) is 12.1. The van der Waals surface area contributed by atoms with E-state index in [1.165, 1.54) is 11.8 Å². The minimum atomic E-state index is -0.272. The Kier molecular flexibility index (Phi) is 6.92. The Bertz CT molecular complexity index is 1320. The van der Waals surface area contributed by atoms with Gasteiger partial charge in [0.25, 0.3) is 0 Å². The molecule has 0 radical (unpaired) electrons. The SMILES string of the molecule is N#CC1=C2SCN(c3ccc(Cl)cc3)CN2C(=O)C[C@H]1c1ccc(OCc2ccccc2Cl)cc1. The number of allylic oxidation sites excluding steroid dienone is 1. The van der Waals surface area contributed by atoms with Gasteiger partial charge in [-0.25, -0.2) is 0 Å². The molecule has 1 fully saturated rings. The number of benzene rings is 3. The van der Waals surface area contributed by atoms with E-state index in [1.54, 1.807) is 4.90 Å². The topological polar surface area (TPSA) is 56.6 Å². The summed E-state index contributed by atoms with van der Waals surface area (Å²) in [6.45, 7) is 0.777. The van der Waals surface area contributed by atoms with Crippen molar-refractivity contribution in [1.29, 1.82) is 5.26 Å². The molecule has 0 bridgehead atoms. The molecule has 0 spiro atoms. The molecule has 1 saturated heterocycles. The largest absolute Gasteiger partial charge is 0.489 e. The van der Waals surface area contributed by atoms with Crippen LogP contribution in [0.25, 0.3) is 0 Å². The first-order valence-electron chi connectivity index (χ1n) is 11.1. The number of carbonyl (C=O) groups excluding carboxylic acids is 1. The highest BCUT2D eigenvalue weighted by atomic mass is 35.5. The van der Waals surface area contributed by atoms with Crippen molar-refractivity contribution in [1.82, 2.24) is 4.90 Å². The summed E-state index contributed by atoms with van der Waals surface area (Å²) in [5.41, 5.74) is 3.46. The smallest absolute Gasteiger partial charge is 0.229 e. The molecule has 0 N–H and O–H groups in total. The number of halogens is 2. The highest BCUT2D eigenvalue weighted by molar-refractivity contribution is 8.03. The molecule has 5 nitrogen and oxygen atoms in total. The van der Waals surface area contributed by atoms with E-state index < -0.39 is 0 Å². The summed E-state index contributed by atoms with van der Waals surface area (Å²) in [7, 11) is 0. The van der Waals surface area contributed by atoms with Gasteiger partial charge in [-0.05, 0) is 48.0 Å². The number of carbonyl (C=O) groups is 1. The first-order chi connectivity index (χ1) is 17.0. The van der Waals surface area contributed by atoms with Gasteiger partial charge >= 0.3 is 0 Å². The molecule has 176 valence electrons. The number of anilines is 1. The summed E-state index contributed by atoms with van der Waals surface area (Å²) in [6.07, 6.45) is 0.251. The van der Waals surface area contributed by atoms with Crippen molar-refractivity contribution in [3.63, 3.8) is 0 Å². The fraction of sp³-hybridized carbons (Fsp3) is 0.185. The minimum absolute atomic E-state index is 0.00853. The predicted molar refractivity (Wildman–Crippen MR) is 140 cm³/mol. The van der Waals surface area contributed by atoms with Gasteiger partial charge in [-0.3, -0.25) is 9.69 Å². The maximum atomic E-state index is 13.1. The van der Waals surface area contributed by atoms with Crippen molar-refractivity contribution in [2.45, 2.75) is 18.9 Å². The number of nitrogens with zero attached hydrogens (tertiary/aromatic N) is 3. The van der Waals surface area contributed by atoms with Crippen LogP contribution in [0.4, 0.5) is 5.69 Å². The van der Waals surface area contributed by atoms with Crippen molar-refractivity contribution in [3.05, 3.63) is 105 Å². The monoisotopic (exact) mass is 521 g/mol. The molecule has 0 aliphatic carbocycles. The molecular formula is C27H21Cl2N3O2S. The molecule has 0 aromatic heterocycles. The zero-order valence-corrected chi connectivity index (χ0v) is 21.0. The van der Waals surface area contributed by atoms with Crippen LogP contribution in [-0.4, -0.2) is 23.4 Å². The third kappa shape index (κ3) is 4.99. The van der Waals surface area contributed by atoms with Gasteiger partial charge in [0, 0.05) is 33.6 Å². The van der Waals surface area contributed by atoms with Crippen LogP contribution < -0.4 is 9.64 Å². The number of fused-ring (bicyclic) bond motifs is 1. The van der Waals surface area contributed by atoms with E-state index in [4.69, 9.17) is 27.9 Å². The molecule has 1 atom stereocenters. The lowest BCUT2D eigenvalue weighted by Crippen LogP contribution is -2.47. The molecule has 1 amide bonds. The van der Waals surface area contributed by atoms with E-state index in [2.05, 4.69) is 11.0 Å². The van der Waals surface area contributed by atoms with Crippen molar-refractivity contribution in [2.24, 2.45) is 0 Å². The van der Waals surface area contributed by atoms with Crippen LogP contribution in [0.1, 0.15) is 23.5 Å². The lowest BCUT2D eigenvalue weighted by Gasteiger charge is -2.42. The second-order valence-corrected chi connectivity index (χ2v) is 10.1. The Balaban J connectivity index is 1.33. The van der Waals surface area contributed by atoms with Crippen LogP contribution in [-0.2, 0) is 11.4 Å². The summed E-state index contributed by atoms with van der Waals surface area (Å²) in [6, 6.07) is 25.1.